The van der Waals surface area contributed by atoms with Gasteiger partial charge >= 0.3 is 0 Å². The summed E-state index contributed by atoms with van der Waals surface area (Å²) in [7, 11) is 0. The molecule has 2 aliphatic heterocycles. The van der Waals surface area contributed by atoms with Crippen LogP contribution in [0.2, 0.25) is 0 Å². The van der Waals surface area contributed by atoms with Gasteiger partial charge in [-0.05, 0) is 101 Å². The molecular weight excluding hydrogens is 528 g/mol. The summed E-state index contributed by atoms with van der Waals surface area (Å²) < 4.78 is 0. The van der Waals surface area contributed by atoms with Crippen molar-refractivity contribution in [1.29, 1.82) is 0 Å². The summed E-state index contributed by atoms with van der Waals surface area (Å²) >= 11 is 0. The van der Waals surface area contributed by atoms with E-state index in [0.29, 0.717) is 18.9 Å². The van der Waals surface area contributed by atoms with Crippen molar-refractivity contribution in [3.05, 3.63) is 35.9 Å². The zero-order valence-electron chi connectivity index (χ0n) is 25.5. The molecule has 3 saturated carbocycles. The van der Waals surface area contributed by atoms with Gasteiger partial charge in [-0.1, -0.05) is 43.7 Å². The Labute approximate surface area is 251 Å². The van der Waals surface area contributed by atoms with E-state index in [2.05, 4.69) is 15.5 Å². The predicted octanol–water partition coefficient (Wildman–Crippen LogP) is 3.27. The van der Waals surface area contributed by atoms with E-state index in [9.17, 15) is 19.5 Å². The molecule has 3 amide bonds. The number of nitrogens with zero attached hydrogens (tertiary/aromatic N) is 2. The van der Waals surface area contributed by atoms with Gasteiger partial charge in [0, 0.05) is 25.0 Å². The largest absolute Gasteiger partial charge is 0.391 e. The fraction of sp³-hybridized carbons (Fsp3) is 0.735. The van der Waals surface area contributed by atoms with Gasteiger partial charge in [0.1, 0.15) is 11.6 Å². The molecule has 8 nitrogen and oxygen atoms in total. The molecule has 8 atom stereocenters. The van der Waals surface area contributed by atoms with Crippen LogP contribution in [0.15, 0.2) is 30.3 Å². The van der Waals surface area contributed by atoms with E-state index in [0.717, 1.165) is 56.2 Å². The first kappa shape index (κ1) is 29.6. The van der Waals surface area contributed by atoms with E-state index in [4.69, 9.17) is 0 Å². The highest BCUT2D eigenvalue weighted by atomic mass is 16.3. The van der Waals surface area contributed by atoms with E-state index in [1.54, 1.807) is 4.90 Å². The van der Waals surface area contributed by atoms with Gasteiger partial charge in [-0.3, -0.25) is 19.3 Å². The van der Waals surface area contributed by atoms with Gasteiger partial charge in [-0.15, -0.1) is 0 Å². The average Bonchev–Trinajstić information content (AvgIpc) is 3.27. The van der Waals surface area contributed by atoms with Crippen LogP contribution in [0.1, 0.15) is 83.6 Å². The van der Waals surface area contributed by atoms with Crippen molar-refractivity contribution in [1.82, 2.24) is 20.4 Å². The van der Waals surface area contributed by atoms with E-state index in [1.165, 1.54) is 32.1 Å². The van der Waals surface area contributed by atoms with Crippen molar-refractivity contribution >= 4 is 17.7 Å². The van der Waals surface area contributed by atoms with Gasteiger partial charge in [-0.2, -0.15) is 0 Å². The third kappa shape index (κ3) is 6.12. The number of amides is 3. The van der Waals surface area contributed by atoms with Crippen LogP contribution in [0.5, 0.6) is 0 Å². The van der Waals surface area contributed by atoms with Crippen LogP contribution in [0.25, 0.3) is 0 Å². The lowest BCUT2D eigenvalue weighted by Gasteiger charge is -2.35. The predicted molar refractivity (Wildman–Crippen MR) is 161 cm³/mol. The van der Waals surface area contributed by atoms with Crippen LogP contribution in [-0.4, -0.2) is 82.0 Å². The average molecular weight is 579 g/mol. The topological polar surface area (TPSA) is 102 Å². The lowest BCUT2D eigenvalue weighted by Crippen LogP contribution is -2.56. The Morgan fingerprint density at radius 2 is 1.81 bits per heavy atom. The van der Waals surface area contributed by atoms with Crippen molar-refractivity contribution in [3.8, 4) is 0 Å². The van der Waals surface area contributed by atoms with Crippen LogP contribution in [0, 0.1) is 23.7 Å². The molecular formula is C34H50N4O4. The molecule has 1 aromatic carbocycles. The molecule has 230 valence electrons. The third-order valence-corrected chi connectivity index (χ3v) is 11.3. The second-order valence-electron chi connectivity index (χ2n) is 14.2. The van der Waals surface area contributed by atoms with Gasteiger partial charge < -0.3 is 20.6 Å². The molecule has 2 saturated heterocycles. The van der Waals surface area contributed by atoms with Gasteiger partial charge in [0.25, 0.3) is 0 Å². The van der Waals surface area contributed by atoms with Crippen LogP contribution in [0.3, 0.4) is 0 Å². The first-order chi connectivity index (χ1) is 20.2. The van der Waals surface area contributed by atoms with Gasteiger partial charge in [-0.25, -0.2) is 0 Å². The summed E-state index contributed by atoms with van der Waals surface area (Å²) in [5, 5.41) is 17.8. The highest BCUT2D eigenvalue weighted by Gasteiger charge is 2.55. The lowest BCUT2D eigenvalue weighted by molar-refractivity contribution is -0.143. The number of likely N-dealkylation sites (tertiary alicyclic amines) is 2. The van der Waals surface area contributed by atoms with Crippen LogP contribution < -0.4 is 10.6 Å². The molecule has 2 heterocycles. The minimum Gasteiger partial charge on any atom is -0.391 e. The maximum Gasteiger partial charge on any atom is 0.243 e. The van der Waals surface area contributed by atoms with Crippen LogP contribution >= 0.6 is 0 Å². The first-order valence-electron chi connectivity index (χ1n) is 16.6. The monoisotopic (exact) mass is 578 g/mol. The number of hydrogen-bond acceptors (Lipinski definition) is 5. The second-order valence-corrected chi connectivity index (χ2v) is 14.2. The van der Waals surface area contributed by atoms with E-state index < -0.39 is 23.7 Å². The number of nitrogens with one attached hydrogen (secondary N) is 2. The standard InChI is InChI=1S/C34H50N4O4/c1-22(31(40)35-28-20-26-11-12-27(28)18-26)17-30(39)29(19-24-7-4-3-5-8-24)36-32(41)23(2)38-16-14-34(33(38)42)13-6-15-37(34)21-25-9-10-25/h3-5,7-8,22-23,25-30,39H,6,9-21H2,1-2H3,(H,35,40)(H,36,41)/t22-,23+,26?,27+,28-,29+,30+,34+/m1/s1. The van der Waals surface area contributed by atoms with E-state index in [1.807, 2.05) is 44.2 Å². The second kappa shape index (κ2) is 12.3. The zero-order valence-corrected chi connectivity index (χ0v) is 25.5. The van der Waals surface area contributed by atoms with Crippen molar-refractivity contribution in [2.45, 2.75) is 114 Å². The minimum absolute atomic E-state index is 0.00923. The number of carbonyl (C=O) groups is 3. The fourth-order valence-corrected chi connectivity index (χ4v) is 8.46. The highest BCUT2D eigenvalue weighted by molar-refractivity contribution is 5.94. The van der Waals surface area contributed by atoms with Crippen molar-refractivity contribution in [2.75, 3.05) is 19.6 Å². The minimum atomic E-state index is -0.897. The molecule has 0 radical (unpaired) electrons. The molecule has 1 aromatic rings. The number of aliphatic hydroxyl groups excluding tert-OH is 1. The molecule has 2 bridgehead atoms. The van der Waals surface area contributed by atoms with Gasteiger partial charge in [0.05, 0.1) is 12.1 Å². The zero-order chi connectivity index (χ0) is 29.4. The summed E-state index contributed by atoms with van der Waals surface area (Å²) in [6.07, 6.45) is 9.82. The maximum absolute atomic E-state index is 13.8. The lowest BCUT2D eigenvalue weighted by atomic mass is 9.91. The smallest absolute Gasteiger partial charge is 0.243 e. The fourth-order valence-electron chi connectivity index (χ4n) is 8.46. The Hall–Kier alpha value is -2.45. The maximum atomic E-state index is 13.8. The molecule has 6 rings (SSSR count). The Morgan fingerprint density at radius 3 is 2.50 bits per heavy atom. The number of hydrogen-bond donors (Lipinski definition) is 3. The van der Waals surface area contributed by atoms with E-state index in [-0.39, 0.29) is 36.1 Å². The summed E-state index contributed by atoms with van der Waals surface area (Å²) in [4.78, 5) is 44.7. The summed E-state index contributed by atoms with van der Waals surface area (Å²) in [6.45, 7) is 6.23. The molecule has 5 aliphatic rings. The van der Waals surface area contributed by atoms with Crippen molar-refractivity contribution in [2.24, 2.45) is 23.7 Å². The summed E-state index contributed by atoms with van der Waals surface area (Å²) in [5.41, 5.74) is 0.563. The molecule has 0 aromatic heterocycles. The summed E-state index contributed by atoms with van der Waals surface area (Å²) in [6, 6.07) is 8.90. The number of aliphatic hydroxyl groups is 1. The molecule has 1 spiro atoms. The number of benzene rings is 1. The van der Waals surface area contributed by atoms with Crippen LogP contribution in [0.4, 0.5) is 0 Å². The SMILES string of the molecule is C[C@H](C[C@H](O)[C@H](Cc1ccccc1)NC(=O)[C@H](C)N1CC[C@@]2(CCCN2CC2CC2)C1=O)C(=O)N[C@@H]1CC2CC[C@H]1C2. The third-order valence-electron chi connectivity index (χ3n) is 11.3. The number of fused-ring (bicyclic) bond motifs is 2. The Morgan fingerprint density at radius 1 is 1.02 bits per heavy atom. The van der Waals surface area contributed by atoms with Crippen molar-refractivity contribution < 1.29 is 19.5 Å². The number of carbonyl (C=O) groups excluding carboxylic acids is 3. The Balaban J connectivity index is 1.09. The van der Waals surface area contributed by atoms with Gasteiger partial charge in [0.2, 0.25) is 17.7 Å². The Bertz CT molecular complexity index is 1140. The number of rotatable bonds is 12. The molecule has 42 heavy (non-hydrogen) atoms. The summed E-state index contributed by atoms with van der Waals surface area (Å²) in [5.74, 6) is 1.54. The first-order valence-corrected chi connectivity index (χ1v) is 16.6. The van der Waals surface area contributed by atoms with Gasteiger partial charge in [0.15, 0.2) is 0 Å². The highest BCUT2D eigenvalue weighted by Crippen LogP contribution is 2.45. The Kier molecular flexibility index (Phi) is 8.65. The molecule has 3 aliphatic carbocycles. The quantitative estimate of drug-likeness (QED) is 0.354. The van der Waals surface area contributed by atoms with E-state index >= 15 is 0 Å². The van der Waals surface area contributed by atoms with Crippen LogP contribution in [-0.2, 0) is 20.8 Å². The molecule has 5 fully saturated rings. The van der Waals surface area contributed by atoms with Crippen molar-refractivity contribution in [3.63, 3.8) is 0 Å². The molecule has 3 N–H and O–H groups in total. The normalized spacial score (nSPS) is 31.8. The molecule has 8 heteroatoms. The molecule has 1 unspecified atom stereocenters.